The summed E-state index contributed by atoms with van der Waals surface area (Å²) in [5, 5.41) is 0. The summed E-state index contributed by atoms with van der Waals surface area (Å²) in [7, 11) is 0. The van der Waals surface area contributed by atoms with E-state index in [0.29, 0.717) is 0 Å². The van der Waals surface area contributed by atoms with E-state index in [2.05, 4.69) is 31.0 Å². The minimum Gasteiger partial charge on any atom is -0.253 e. The zero-order chi connectivity index (χ0) is 13.5. The van der Waals surface area contributed by atoms with Gasteiger partial charge < -0.3 is 0 Å². The van der Waals surface area contributed by atoms with E-state index in [1.807, 2.05) is 0 Å². The zero-order valence-corrected chi connectivity index (χ0v) is 13.7. The van der Waals surface area contributed by atoms with Crippen LogP contribution in [0.1, 0.15) is 90.9 Å². The van der Waals surface area contributed by atoms with Gasteiger partial charge in [-0.2, -0.15) is 0 Å². The van der Waals surface area contributed by atoms with E-state index in [4.69, 9.17) is 0 Å². The summed E-state index contributed by atoms with van der Waals surface area (Å²) in [5.41, 5.74) is 0. The predicted molar refractivity (Wildman–Crippen MR) is 87.3 cm³/mol. The van der Waals surface area contributed by atoms with Crippen LogP contribution < -0.4 is 0 Å². The first-order valence-electron chi connectivity index (χ1n) is 8.25. The average molecular weight is 274 g/mol. The average Bonchev–Trinajstić information content (AvgIpc) is 2.38. The first-order chi connectivity index (χ1) is 8.81. The van der Waals surface area contributed by atoms with Crippen molar-refractivity contribution in [1.29, 1.82) is 0 Å². The van der Waals surface area contributed by atoms with Gasteiger partial charge in [0.15, 0.2) is 0 Å². The maximum Gasteiger partial charge on any atom is 0.00869 e. The molecule has 0 bridgehead atoms. The van der Waals surface area contributed by atoms with Crippen LogP contribution in [0, 0.1) is 0 Å². The van der Waals surface area contributed by atoms with Crippen molar-refractivity contribution in [3.8, 4) is 0 Å². The van der Waals surface area contributed by atoms with E-state index < -0.39 is 0 Å². The molecule has 0 aromatic rings. The Kier molecular flexibility index (Phi) is 15.6. The van der Waals surface area contributed by atoms with E-state index in [1.165, 1.54) is 90.1 Å². The molecule has 0 aliphatic heterocycles. The van der Waals surface area contributed by atoms with E-state index in [9.17, 15) is 0 Å². The van der Waals surface area contributed by atoms with Gasteiger partial charge in [0, 0.05) is 13.1 Å². The van der Waals surface area contributed by atoms with Gasteiger partial charge in [0.1, 0.15) is 0 Å². The van der Waals surface area contributed by atoms with Crippen molar-refractivity contribution in [2.45, 2.75) is 90.9 Å². The third-order valence-electron chi connectivity index (χ3n) is 3.54. The lowest BCUT2D eigenvalue weighted by Gasteiger charge is -2.14. The van der Waals surface area contributed by atoms with Crippen molar-refractivity contribution in [3.63, 3.8) is 0 Å². The SMILES string of the molecule is CCCCCCCCN(S)CCCCCCCC. The molecule has 0 atom stereocenters. The van der Waals surface area contributed by atoms with Crippen LogP contribution in [0.4, 0.5) is 0 Å². The molecule has 0 N–H and O–H groups in total. The van der Waals surface area contributed by atoms with Crippen LogP contribution in [0.5, 0.6) is 0 Å². The second-order valence-electron chi connectivity index (χ2n) is 5.49. The van der Waals surface area contributed by atoms with Gasteiger partial charge in [-0.05, 0) is 12.8 Å². The number of rotatable bonds is 14. The predicted octanol–water partition coefficient (Wildman–Crippen LogP) is 5.85. The van der Waals surface area contributed by atoms with Crippen LogP contribution >= 0.6 is 12.8 Å². The lowest BCUT2D eigenvalue weighted by Crippen LogP contribution is -2.15. The second-order valence-corrected chi connectivity index (χ2v) is 6.05. The van der Waals surface area contributed by atoms with Crippen molar-refractivity contribution in [3.05, 3.63) is 0 Å². The molecule has 0 aliphatic rings. The first kappa shape index (κ1) is 18.3. The smallest absolute Gasteiger partial charge is 0.00869 e. The van der Waals surface area contributed by atoms with Gasteiger partial charge in [0.25, 0.3) is 0 Å². The molecule has 0 spiro atoms. The molecule has 0 unspecified atom stereocenters. The van der Waals surface area contributed by atoms with Gasteiger partial charge >= 0.3 is 0 Å². The van der Waals surface area contributed by atoms with Gasteiger partial charge in [0.05, 0.1) is 0 Å². The molecule has 0 aromatic heterocycles. The minimum absolute atomic E-state index is 1.17. The molecule has 0 fully saturated rings. The fraction of sp³-hybridized carbons (Fsp3) is 1.00. The van der Waals surface area contributed by atoms with Crippen molar-refractivity contribution in [2.75, 3.05) is 13.1 Å². The van der Waals surface area contributed by atoms with Crippen LogP contribution in [-0.2, 0) is 0 Å². The zero-order valence-electron chi connectivity index (χ0n) is 12.8. The lowest BCUT2D eigenvalue weighted by atomic mass is 10.1. The van der Waals surface area contributed by atoms with E-state index in [0.717, 1.165) is 0 Å². The maximum atomic E-state index is 4.55. The molecule has 0 saturated carbocycles. The molecule has 0 saturated heterocycles. The van der Waals surface area contributed by atoms with Gasteiger partial charge in [-0.3, -0.25) is 4.31 Å². The Hall–Kier alpha value is 0.310. The number of hydrogen-bond acceptors (Lipinski definition) is 2. The van der Waals surface area contributed by atoms with Crippen molar-refractivity contribution in [1.82, 2.24) is 4.31 Å². The highest BCUT2D eigenvalue weighted by atomic mass is 32.1. The number of thiol groups is 1. The molecule has 0 aliphatic carbocycles. The summed E-state index contributed by atoms with van der Waals surface area (Å²) in [4.78, 5) is 0. The number of unbranched alkanes of at least 4 members (excludes halogenated alkanes) is 10. The van der Waals surface area contributed by atoms with Crippen molar-refractivity contribution in [2.24, 2.45) is 0 Å². The van der Waals surface area contributed by atoms with E-state index in [-0.39, 0.29) is 0 Å². The molecule has 2 heteroatoms. The molecule has 0 amide bonds. The summed E-state index contributed by atoms with van der Waals surface area (Å²) in [6, 6.07) is 0. The highest BCUT2D eigenvalue weighted by molar-refractivity contribution is 7.77. The summed E-state index contributed by atoms with van der Waals surface area (Å²) >= 11 is 4.55. The topological polar surface area (TPSA) is 3.24 Å². The molecule has 0 aromatic carbocycles. The van der Waals surface area contributed by atoms with Crippen LogP contribution in [0.2, 0.25) is 0 Å². The number of hydrogen-bond donors (Lipinski definition) is 1. The first-order valence-corrected chi connectivity index (χ1v) is 8.65. The maximum absolute atomic E-state index is 4.55. The molecular weight excluding hydrogens is 238 g/mol. The highest BCUT2D eigenvalue weighted by Crippen LogP contribution is 2.09. The summed E-state index contributed by atoms with van der Waals surface area (Å²) in [5.74, 6) is 0. The molecule has 1 nitrogen and oxygen atoms in total. The van der Waals surface area contributed by atoms with Crippen LogP contribution in [0.3, 0.4) is 0 Å². The van der Waals surface area contributed by atoms with E-state index in [1.54, 1.807) is 0 Å². The Bertz CT molecular complexity index is 134. The quantitative estimate of drug-likeness (QED) is 0.307. The number of nitrogens with zero attached hydrogens (tertiary/aromatic N) is 1. The van der Waals surface area contributed by atoms with Crippen molar-refractivity contribution >= 4 is 12.8 Å². The monoisotopic (exact) mass is 273 g/mol. The molecule has 0 heterocycles. The Morgan fingerprint density at radius 2 is 0.889 bits per heavy atom. The molecule has 110 valence electrons. The fourth-order valence-electron chi connectivity index (χ4n) is 2.26. The highest BCUT2D eigenvalue weighted by Gasteiger charge is 1.99. The van der Waals surface area contributed by atoms with Gasteiger partial charge in [-0.15, -0.1) is 0 Å². The largest absolute Gasteiger partial charge is 0.253 e. The molecule has 0 rings (SSSR count). The Morgan fingerprint density at radius 1 is 0.556 bits per heavy atom. The van der Waals surface area contributed by atoms with Gasteiger partial charge in [-0.25, -0.2) is 0 Å². The molecular formula is C16H35NS. The molecule has 18 heavy (non-hydrogen) atoms. The Balaban J connectivity index is 3.10. The van der Waals surface area contributed by atoms with Crippen LogP contribution in [-0.4, -0.2) is 17.4 Å². The van der Waals surface area contributed by atoms with Crippen LogP contribution in [0.15, 0.2) is 0 Å². The third-order valence-corrected chi connectivity index (χ3v) is 3.94. The van der Waals surface area contributed by atoms with Crippen molar-refractivity contribution < 1.29 is 0 Å². The lowest BCUT2D eigenvalue weighted by molar-refractivity contribution is 0.428. The van der Waals surface area contributed by atoms with Gasteiger partial charge in [0.2, 0.25) is 0 Å². The fourth-order valence-corrected chi connectivity index (χ4v) is 2.54. The summed E-state index contributed by atoms with van der Waals surface area (Å²) in [6.07, 6.45) is 16.6. The Morgan fingerprint density at radius 3 is 1.28 bits per heavy atom. The second kappa shape index (κ2) is 15.4. The Labute approximate surface area is 121 Å². The standard InChI is InChI=1S/C16H35NS/c1-3-5-7-9-11-13-15-17(18)16-14-12-10-8-6-4-2/h18H,3-16H2,1-2H3. The van der Waals surface area contributed by atoms with Gasteiger partial charge in [-0.1, -0.05) is 90.9 Å². The van der Waals surface area contributed by atoms with Crippen LogP contribution in [0.25, 0.3) is 0 Å². The normalized spacial score (nSPS) is 11.3. The van der Waals surface area contributed by atoms with E-state index >= 15 is 0 Å². The summed E-state index contributed by atoms with van der Waals surface area (Å²) in [6.45, 7) is 6.89. The molecule has 0 radical (unpaired) electrons. The minimum atomic E-state index is 1.17. The summed E-state index contributed by atoms with van der Waals surface area (Å²) < 4.78 is 2.22. The third kappa shape index (κ3) is 14.4.